The molecule has 2 fully saturated rings. The molecule has 3 atom stereocenters. The number of rotatable bonds is 5. The SMILES string of the molecule is CCOc1ccc(N2CC(NC(=O)NC3CC(C)CC(C)(C)C3)CC2=O)cc1. The summed E-state index contributed by atoms with van der Waals surface area (Å²) in [5.74, 6) is 1.43. The highest BCUT2D eigenvalue weighted by Crippen LogP contribution is 2.38. The summed E-state index contributed by atoms with van der Waals surface area (Å²) in [7, 11) is 0. The molecule has 1 aliphatic carbocycles. The van der Waals surface area contributed by atoms with Gasteiger partial charge in [-0.25, -0.2) is 4.79 Å². The molecule has 154 valence electrons. The molecule has 2 aliphatic rings. The number of carbonyl (C=O) groups excluding carboxylic acids is 2. The highest BCUT2D eigenvalue weighted by atomic mass is 16.5. The summed E-state index contributed by atoms with van der Waals surface area (Å²) in [5, 5.41) is 6.12. The normalized spacial score (nSPS) is 26.8. The van der Waals surface area contributed by atoms with Gasteiger partial charge in [-0.3, -0.25) is 4.79 Å². The smallest absolute Gasteiger partial charge is 0.315 e. The van der Waals surface area contributed by atoms with Crippen LogP contribution in [0.3, 0.4) is 0 Å². The maximum Gasteiger partial charge on any atom is 0.315 e. The van der Waals surface area contributed by atoms with Crippen LogP contribution >= 0.6 is 0 Å². The standard InChI is InChI=1S/C22H33N3O3/c1-5-28-19-8-6-18(7-9-19)25-14-17(11-20(25)26)24-21(27)23-16-10-15(2)12-22(3,4)13-16/h6-9,15-17H,5,10-14H2,1-4H3,(H2,23,24,27). The molecule has 1 saturated heterocycles. The summed E-state index contributed by atoms with van der Waals surface area (Å²) in [6.45, 7) is 9.82. The second-order valence-corrected chi connectivity index (χ2v) is 9.06. The van der Waals surface area contributed by atoms with Crippen molar-refractivity contribution < 1.29 is 14.3 Å². The van der Waals surface area contributed by atoms with Gasteiger partial charge >= 0.3 is 6.03 Å². The number of anilines is 1. The molecule has 6 heteroatoms. The van der Waals surface area contributed by atoms with Gasteiger partial charge in [-0.1, -0.05) is 20.8 Å². The maximum absolute atomic E-state index is 12.5. The van der Waals surface area contributed by atoms with E-state index in [1.54, 1.807) is 4.90 Å². The van der Waals surface area contributed by atoms with Crippen LogP contribution in [-0.2, 0) is 4.79 Å². The lowest BCUT2D eigenvalue weighted by atomic mass is 9.71. The quantitative estimate of drug-likeness (QED) is 0.809. The van der Waals surface area contributed by atoms with Crippen LogP contribution in [0.4, 0.5) is 10.5 Å². The number of benzene rings is 1. The number of urea groups is 1. The molecule has 1 saturated carbocycles. The van der Waals surface area contributed by atoms with Crippen molar-refractivity contribution in [1.82, 2.24) is 10.6 Å². The Hall–Kier alpha value is -2.24. The fourth-order valence-corrected chi connectivity index (χ4v) is 4.81. The molecule has 1 aliphatic heterocycles. The molecule has 0 aromatic heterocycles. The van der Waals surface area contributed by atoms with Gasteiger partial charge in [-0.2, -0.15) is 0 Å². The topological polar surface area (TPSA) is 70.7 Å². The van der Waals surface area contributed by atoms with Crippen LogP contribution in [0.5, 0.6) is 5.75 Å². The van der Waals surface area contributed by atoms with Gasteiger partial charge < -0.3 is 20.3 Å². The maximum atomic E-state index is 12.5. The third-order valence-corrected chi connectivity index (χ3v) is 5.64. The first kappa shape index (κ1) is 20.5. The van der Waals surface area contributed by atoms with Crippen molar-refractivity contribution in [1.29, 1.82) is 0 Å². The van der Waals surface area contributed by atoms with Gasteiger partial charge in [0.2, 0.25) is 5.91 Å². The predicted molar refractivity (Wildman–Crippen MR) is 111 cm³/mol. The average Bonchev–Trinajstić information content (AvgIpc) is 2.94. The molecular weight excluding hydrogens is 354 g/mol. The number of carbonyl (C=O) groups is 2. The van der Waals surface area contributed by atoms with Crippen molar-refractivity contribution in [3.63, 3.8) is 0 Å². The minimum Gasteiger partial charge on any atom is -0.494 e. The highest BCUT2D eigenvalue weighted by molar-refractivity contribution is 5.96. The van der Waals surface area contributed by atoms with E-state index in [4.69, 9.17) is 4.74 Å². The van der Waals surface area contributed by atoms with E-state index >= 15 is 0 Å². The molecule has 3 amide bonds. The zero-order valence-electron chi connectivity index (χ0n) is 17.5. The van der Waals surface area contributed by atoms with E-state index in [0.29, 0.717) is 25.5 Å². The minimum atomic E-state index is -0.173. The van der Waals surface area contributed by atoms with Gasteiger partial charge in [0, 0.05) is 24.7 Å². The number of hydrogen-bond donors (Lipinski definition) is 2. The van der Waals surface area contributed by atoms with Crippen molar-refractivity contribution in [2.75, 3.05) is 18.1 Å². The lowest BCUT2D eigenvalue weighted by molar-refractivity contribution is -0.117. The van der Waals surface area contributed by atoms with Crippen LogP contribution in [0.2, 0.25) is 0 Å². The van der Waals surface area contributed by atoms with E-state index in [2.05, 4.69) is 31.4 Å². The highest BCUT2D eigenvalue weighted by Gasteiger charge is 2.34. The van der Waals surface area contributed by atoms with Crippen LogP contribution in [0.1, 0.15) is 53.4 Å². The first-order valence-electron chi connectivity index (χ1n) is 10.4. The zero-order valence-corrected chi connectivity index (χ0v) is 17.5. The fourth-order valence-electron chi connectivity index (χ4n) is 4.81. The molecule has 3 unspecified atom stereocenters. The van der Waals surface area contributed by atoms with E-state index in [9.17, 15) is 9.59 Å². The van der Waals surface area contributed by atoms with Crippen molar-refractivity contribution in [2.45, 2.75) is 65.5 Å². The molecule has 28 heavy (non-hydrogen) atoms. The summed E-state index contributed by atoms with van der Waals surface area (Å²) >= 11 is 0. The number of nitrogens with zero attached hydrogens (tertiary/aromatic N) is 1. The van der Waals surface area contributed by atoms with Crippen molar-refractivity contribution in [2.24, 2.45) is 11.3 Å². The molecule has 0 bridgehead atoms. The van der Waals surface area contributed by atoms with E-state index in [1.807, 2.05) is 31.2 Å². The van der Waals surface area contributed by atoms with E-state index in [0.717, 1.165) is 24.3 Å². The number of ether oxygens (including phenoxy) is 1. The third kappa shape index (κ3) is 5.18. The van der Waals surface area contributed by atoms with Gasteiger partial charge in [-0.05, 0) is 61.8 Å². The fraction of sp³-hybridized carbons (Fsp3) is 0.636. The van der Waals surface area contributed by atoms with E-state index in [1.165, 1.54) is 6.42 Å². The number of nitrogens with one attached hydrogen (secondary N) is 2. The van der Waals surface area contributed by atoms with Gasteiger partial charge in [0.1, 0.15) is 5.75 Å². The molecule has 2 N–H and O–H groups in total. The molecule has 1 aromatic carbocycles. The summed E-state index contributed by atoms with van der Waals surface area (Å²) in [6, 6.07) is 7.36. The van der Waals surface area contributed by atoms with Crippen LogP contribution in [0.25, 0.3) is 0 Å². The van der Waals surface area contributed by atoms with Crippen LogP contribution in [0, 0.1) is 11.3 Å². The van der Waals surface area contributed by atoms with Gasteiger partial charge in [0.25, 0.3) is 0 Å². The van der Waals surface area contributed by atoms with Crippen LogP contribution in [0.15, 0.2) is 24.3 Å². The third-order valence-electron chi connectivity index (χ3n) is 5.64. The largest absolute Gasteiger partial charge is 0.494 e. The molecule has 0 spiro atoms. The zero-order chi connectivity index (χ0) is 20.3. The number of amides is 3. The Bertz CT molecular complexity index is 701. The average molecular weight is 388 g/mol. The molecule has 0 radical (unpaired) electrons. The van der Waals surface area contributed by atoms with E-state index < -0.39 is 0 Å². The Kier molecular flexibility index (Phi) is 6.16. The lowest BCUT2D eigenvalue weighted by Crippen LogP contribution is -2.50. The van der Waals surface area contributed by atoms with Gasteiger partial charge in [0.05, 0.1) is 12.6 Å². The first-order chi connectivity index (χ1) is 13.3. The van der Waals surface area contributed by atoms with Crippen LogP contribution < -0.4 is 20.3 Å². The second kappa shape index (κ2) is 8.41. The molecule has 1 heterocycles. The van der Waals surface area contributed by atoms with Crippen molar-refractivity contribution >= 4 is 17.6 Å². The Morgan fingerprint density at radius 3 is 2.50 bits per heavy atom. The molecular formula is C22H33N3O3. The monoisotopic (exact) mass is 387 g/mol. The Morgan fingerprint density at radius 2 is 1.86 bits per heavy atom. The Morgan fingerprint density at radius 1 is 1.18 bits per heavy atom. The molecule has 6 nitrogen and oxygen atoms in total. The van der Waals surface area contributed by atoms with Gasteiger partial charge in [-0.15, -0.1) is 0 Å². The predicted octanol–water partition coefficient (Wildman–Crippen LogP) is 3.70. The van der Waals surface area contributed by atoms with E-state index in [-0.39, 0.29) is 29.4 Å². The van der Waals surface area contributed by atoms with Crippen molar-refractivity contribution in [3.05, 3.63) is 24.3 Å². The molecule has 1 aromatic rings. The van der Waals surface area contributed by atoms with Crippen LogP contribution in [-0.4, -0.2) is 37.2 Å². The lowest BCUT2D eigenvalue weighted by Gasteiger charge is -2.39. The Balaban J connectivity index is 1.53. The Labute approximate surface area is 168 Å². The first-order valence-corrected chi connectivity index (χ1v) is 10.4. The van der Waals surface area contributed by atoms with Crippen molar-refractivity contribution in [3.8, 4) is 5.75 Å². The second-order valence-electron chi connectivity index (χ2n) is 9.06. The number of hydrogen-bond acceptors (Lipinski definition) is 3. The summed E-state index contributed by atoms with van der Waals surface area (Å²) in [5.41, 5.74) is 1.09. The summed E-state index contributed by atoms with van der Waals surface area (Å²) < 4.78 is 5.45. The molecule has 3 rings (SSSR count). The minimum absolute atomic E-state index is 0.0295. The summed E-state index contributed by atoms with van der Waals surface area (Å²) in [6.07, 6.45) is 3.53. The summed E-state index contributed by atoms with van der Waals surface area (Å²) in [4.78, 5) is 26.6. The van der Waals surface area contributed by atoms with Gasteiger partial charge in [0.15, 0.2) is 0 Å².